The van der Waals surface area contributed by atoms with Gasteiger partial charge in [0.15, 0.2) is 0 Å². The Bertz CT molecular complexity index is 557. The fourth-order valence-electron chi connectivity index (χ4n) is 1.43. The summed E-state index contributed by atoms with van der Waals surface area (Å²) in [6.45, 7) is 0. The lowest BCUT2D eigenvalue weighted by Gasteiger charge is -2.08. The van der Waals surface area contributed by atoms with Gasteiger partial charge in [0.05, 0.1) is 13.3 Å². The van der Waals surface area contributed by atoms with Crippen LogP contribution in [-0.4, -0.2) is 12.1 Å². The Morgan fingerprint density at radius 2 is 1.82 bits per heavy atom. The van der Waals surface area contributed by atoms with Crippen LogP contribution in [0.25, 0.3) is 11.1 Å². The minimum absolute atomic E-state index is 0.356. The number of benzene rings is 1. The van der Waals surface area contributed by atoms with Gasteiger partial charge in [0.1, 0.15) is 10.9 Å². The molecule has 1 heterocycles. The number of pyridine rings is 1. The minimum atomic E-state index is 0.356. The van der Waals surface area contributed by atoms with E-state index in [1.807, 2.05) is 0 Å². The SMILES string of the molecule is COc1cnc(Cl)c(-c2cc(Cl)ccc2Cl)c1. The van der Waals surface area contributed by atoms with Crippen LogP contribution in [-0.2, 0) is 0 Å². The summed E-state index contributed by atoms with van der Waals surface area (Å²) < 4.78 is 5.10. The molecule has 0 aliphatic heterocycles. The molecule has 0 atom stereocenters. The first-order valence-electron chi connectivity index (χ1n) is 4.77. The average Bonchev–Trinajstić information content (AvgIpc) is 2.33. The maximum atomic E-state index is 6.11. The molecule has 88 valence electrons. The second kappa shape index (κ2) is 5.13. The monoisotopic (exact) mass is 287 g/mol. The predicted octanol–water partition coefficient (Wildman–Crippen LogP) is 4.72. The lowest BCUT2D eigenvalue weighted by Crippen LogP contribution is -1.89. The lowest BCUT2D eigenvalue weighted by molar-refractivity contribution is 0.413. The average molecular weight is 289 g/mol. The van der Waals surface area contributed by atoms with E-state index in [4.69, 9.17) is 39.5 Å². The predicted molar refractivity (Wildman–Crippen MR) is 71.3 cm³/mol. The number of aromatic nitrogens is 1. The molecule has 0 aliphatic carbocycles. The van der Waals surface area contributed by atoms with Crippen LogP contribution in [0, 0.1) is 0 Å². The van der Waals surface area contributed by atoms with Crippen LogP contribution in [0.5, 0.6) is 5.75 Å². The molecular weight excluding hydrogens is 280 g/mol. The molecule has 2 rings (SSSR count). The molecule has 0 bridgehead atoms. The van der Waals surface area contributed by atoms with Crippen molar-refractivity contribution in [1.82, 2.24) is 4.98 Å². The Balaban J connectivity index is 2.62. The highest BCUT2D eigenvalue weighted by Crippen LogP contribution is 2.35. The van der Waals surface area contributed by atoms with Crippen molar-refractivity contribution in [2.45, 2.75) is 0 Å². The van der Waals surface area contributed by atoms with Gasteiger partial charge in [0.25, 0.3) is 0 Å². The first-order valence-corrected chi connectivity index (χ1v) is 5.90. The largest absolute Gasteiger partial charge is 0.495 e. The van der Waals surface area contributed by atoms with Crippen LogP contribution in [0.15, 0.2) is 30.5 Å². The number of halogens is 3. The fourth-order valence-corrected chi connectivity index (χ4v) is 2.03. The zero-order valence-electron chi connectivity index (χ0n) is 8.88. The van der Waals surface area contributed by atoms with Crippen LogP contribution in [0.1, 0.15) is 0 Å². The van der Waals surface area contributed by atoms with Crippen molar-refractivity contribution in [3.63, 3.8) is 0 Å². The molecule has 0 unspecified atom stereocenters. The lowest BCUT2D eigenvalue weighted by atomic mass is 10.1. The van der Waals surface area contributed by atoms with Gasteiger partial charge < -0.3 is 4.74 Å². The maximum absolute atomic E-state index is 6.11. The Labute approximate surface area is 114 Å². The van der Waals surface area contributed by atoms with Crippen molar-refractivity contribution >= 4 is 34.8 Å². The molecule has 0 saturated heterocycles. The van der Waals surface area contributed by atoms with Crippen LogP contribution >= 0.6 is 34.8 Å². The van der Waals surface area contributed by atoms with Gasteiger partial charge in [-0.25, -0.2) is 4.98 Å². The van der Waals surface area contributed by atoms with E-state index < -0.39 is 0 Å². The second-order valence-electron chi connectivity index (χ2n) is 3.34. The van der Waals surface area contributed by atoms with Crippen molar-refractivity contribution in [2.75, 3.05) is 7.11 Å². The topological polar surface area (TPSA) is 22.1 Å². The Morgan fingerprint density at radius 3 is 2.53 bits per heavy atom. The third-order valence-electron chi connectivity index (χ3n) is 2.27. The number of methoxy groups -OCH3 is 1. The summed E-state index contributed by atoms with van der Waals surface area (Å²) in [5.74, 6) is 0.612. The number of ether oxygens (including phenoxy) is 1. The molecule has 0 fully saturated rings. The van der Waals surface area contributed by atoms with Crippen molar-refractivity contribution in [3.8, 4) is 16.9 Å². The molecular formula is C12H8Cl3NO. The van der Waals surface area contributed by atoms with E-state index in [1.54, 1.807) is 37.6 Å². The first-order chi connectivity index (χ1) is 8.11. The van der Waals surface area contributed by atoms with Gasteiger partial charge in [-0.15, -0.1) is 0 Å². The molecule has 0 N–H and O–H groups in total. The van der Waals surface area contributed by atoms with Gasteiger partial charge in [-0.2, -0.15) is 0 Å². The van der Waals surface area contributed by atoms with Crippen molar-refractivity contribution in [2.24, 2.45) is 0 Å². The summed E-state index contributed by atoms with van der Waals surface area (Å²) in [6.07, 6.45) is 1.55. The molecule has 0 radical (unpaired) electrons. The van der Waals surface area contributed by atoms with Crippen LogP contribution in [0.3, 0.4) is 0 Å². The van der Waals surface area contributed by atoms with Crippen LogP contribution < -0.4 is 4.74 Å². The van der Waals surface area contributed by atoms with E-state index in [2.05, 4.69) is 4.98 Å². The number of hydrogen-bond donors (Lipinski definition) is 0. The van der Waals surface area contributed by atoms with E-state index >= 15 is 0 Å². The Kier molecular flexibility index (Phi) is 3.77. The summed E-state index contributed by atoms with van der Waals surface area (Å²) >= 11 is 18.1. The molecule has 2 aromatic rings. The summed E-state index contributed by atoms with van der Waals surface area (Å²) in [4.78, 5) is 4.04. The quantitative estimate of drug-likeness (QED) is 0.746. The first kappa shape index (κ1) is 12.5. The van der Waals surface area contributed by atoms with E-state index in [0.717, 1.165) is 5.56 Å². The van der Waals surface area contributed by atoms with Gasteiger partial charge in [-0.05, 0) is 24.3 Å². The zero-order valence-corrected chi connectivity index (χ0v) is 11.1. The zero-order chi connectivity index (χ0) is 12.4. The Hall–Kier alpha value is -0.960. The van der Waals surface area contributed by atoms with Gasteiger partial charge in [0, 0.05) is 21.2 Å². The van der Waals surface area contributed by atoms with Gasteiger partial charge in [0.2, 0.25) is 0 Å². The van der Waals surface area contributed by atoms with Crippen molar-refractivity contribution in [1.29, 1.82) is 0 Å². The second-order valence-corrected chi connectivity index (χ2v) is 4.54. The fraction of sp³-hybridized carbons (Fsp3) is 0.0833. The highest BCUT2D eigenvalue weighted by molar-refractivity contribution is 6.37. The van der Waals surface area contributed by atoms with Gasteiger partial charge >= 0.3 is 0 Å². The van der Waals surface area contributed by atoms with Crippen LogP contribution in [0.2, 0.25) is 15.2 Å². The Morgan fingerprint density at radius 1 is 1.06 bits per heavy atom. The molecule has 2 nitrogen and oxygen atoms in total. The summed E-state index contributed by atoms with van der Waals surface area (Å²) in [6, 6.07) is 6.95. The maximum Gasteiger partial charge on any atom is 0.137 e. The molecule has 17 heavy (non-hydrogen) atoms. The van der Waals surface area contributed by atoms with Gasteiger partial charge in [-0.3, -0.25) is 0 Å². The number of nitrogens with zero attached hydrogens (tertiary/aromatic N) is 1. The smallest absolute Gasteiger partial charge is 0.137 e. The van der Waals surface area contributed by atoms with Crippen molar-refractivity contribution < 1.29 is 4.74 Å². The highest BCUT2D eigenvalue weighted by atomic mass is 35.5. The van der Waals surface area contributed by atoms with E-state index in [1.165, 1.54) is 0 Å². The third-order valence-corrected chi connectivity index (χ3v) is 3.13. The summed E-state index contributed by atoms with van der Waals surface area (Å²) in [5, 5.41) is 1.50. The molecule has 0 aliphatic rings. The minimum Gasteiger partial charge on any atom is -0.495 e. The normalized spacial score (nSPS) is 10.4. The standard InChI is InChI=1S/C12H8Cl3NO/c1-17-8-5-10(12(15)16-6-8)9-4-7(13)2-3-11(9)14/h2-6H,1H3. The molecule has 1 aromatic heterocycles. The van der Waals surface area contributed by atoms with Crippen molar-refractivity contribution in [3.05, 3.63) is 45.7 Å². The summed E-state index contributed by atoms with van der Waals surface area (Å²) in [7, 11) is 1.56. The summed E-state index contributed by atoms with van der Waals surface area (Å²) in [5.41, 5.74) is 1.43. The molecule has 1 aromatic carbocycles. The van der Waals surface area contributed by atoms with Crippen LogP contribution in [0.4, 0.5) is 0 Å². The van der Waals surface area contributed by atoms with E-state index in [0.29, 0.717) is 26.5 Å². The van der Waals surface area contributed by atoms with E-state index in [-0.39, 0.29) is 0 Å². The molecule has 0 saturated carbocycles. The molecule has 5 heteroatoms. The highest BCUT2D eigenvalue weighted by Gasteiger charge is 2.10. The third kappa shape index (κ3) is 2.65. The molecule has 0 amide bonds. The number of hydrogen-bond acceptors (Lipinski definition) is 2. The number of rotatable bonds is 2. The van der Waals surface area contributed by atoms with E-state index in [9.17, 15) is 0 Å². The molecule has 0 spiro atoms. The van der Waals surface area contributed by atoms with Gasteiger partial charge in [-0.1, -0.05) is 34.8 Å².